The molecule has 0 unspecified atom stereocenters. The summed E-state index contributed by atoms with van der Waals surface area (Å²) in [5.41, 5.74) is 0.426. The highest BCUT2D eigenvalue weighted by Crippen LogP contribution is 2.29. The predicted molar refractivity (Wildman–Crippen MR) is 138 cm³/mol. The first kappa shape index (κ1) is 26.6. The van der Waals surface area contributed by atoms with Crippen molar-refractivity contribution < 1.29 is 22.8 Å². The van der Waals surface area contributed by atoms with Crippen molar-refractivity contribution in [2.45, 2.75) is 39.4 Å². The Morgan fingerprint density at radius 2 is 1.70 bits per heavy atom. The number of hydrogen-bond donors (Lipinski definition) is 0. The maximum Gasteiger partial charge on any atom is 0.416 e. The molecular formula is C28H27F3N2O3S. The summed E-state index contributed by atoms with van der Waals surface area (Å²) in [5, 5.41) is 0. The Kier molecular flexibility index (Phi) is 7.82. The molecule has 1 saturated heterocycles. The summed E-state index contributed by atoms with van der Waals surface area (Å²) in [7, 11) is 0. The van der Waals surface area contributed by atoms with Gasteiger partial charge in [-0.25, -0.2) is 0 Å². The van der Waals surface area contributed by atoms with E-state index in [0.29, 0.717) is 34.8 Å². The number of ketones is 1. The van der Waals surface area contributed by atoms with E-state index >= 15 is 0 Å². The van der Waals surface area contributed by atoms with Gasteiger partial charge in [0.1, 0.15) is 11.2 Å². The van der Waals surface area contributed by atoms with Gasteiger partial charge in [0.25, 0.3) is 5.56 Å². The molecule has 1 aromatic heterocycles. The molecule has 1 aliphatic rings. The number of thiazole rings is 1. The lowest BCUT2D eigenvalue weighted by molar-refractivity contribution is -0.137. The van der Waals surface area contributed by atoms with Gasteiger partial charge in [-0.15, -0.1) is 11.3 Å². The maximum atomic E-state index is 13.3. The van der Waals surface area contributed by atoms with Crippen LogP contribution < -0.4 is 14.8 Å². The molecule has 0 atom stereocenters. The summed E-state index contributed by atoms with van der Waals surface area (Å²) in [6.45, 7) is 4.97. The molecule has 1 fully saturated rings. The molecule has 3 aromatic rings. The highest BCUT2D eigenvalue weighted by Gasteiger charge is 2.29. The smallest absolute Gasteiger partial charge is 0.341 e. The summed E-state index contributed by atoms with van der Waals surface area (Å²) in [4.78, 5) is 41.2. The number of aryl methyl sites for hydroxylation is 1. The molecule has 0 saturated carbocycles. The lowest BCUT2D eigenvalue weighted by Crippen LogP contribution is -2.43. The Balaban J connectivity index is 1.75. The monoisotopic (exact) mass is 528 g/mol. The van der Waals surface area contributed by atoms with Crippen LogP contribution in [-0.4, -0.2) is 34.2 Å². The Labute approximate surface area is 216 Å². The summed E-state index contributed by atoms with van der Waals surface area (Å²) >= 11 is 1.03. The van der Waals surface area contributed by atoms with E-state index in [1.54, 1.807) is 17.0 Å². The predicted octanol–water partition coefficient (Wildman–Crippen LogP) is 3.99. The third-order valence-electron chi connectivity index (χ3n) is 6.57. The van der Waals surface area contributed by atoms with Crippen LogP contribution in [0.25, 0.3) is 12.2 Å². The number of rotatable bonds is 5. The van der Waals surface area contributed by atoms with Crippen LogP contribution in [0, 0.1) is 12.8 Å². The molecule has 37 heavy (non-hydrogen) atoms. The van der Waals surface area contributed by atoms with Crippen LogP contribution in [0.15, 0.2) is 53.3 Å². The lowest BCUT2D eigenvalue weighted by atomic mass is 9.99. The van der Waals surface area contributed by atoms with E-state index in [1.165, 1.54) is 28.9 Å². The van der Waals surface area contributed by atoms with Gasteiger partial charge in [0, 0.05) is 24.7 Å². The second kappa shape index (κ2) is 10.9. The van der Waals surface area contributed by atoms with Crippen molar-refractivity contribution in [1.82, 2.24) is 9.47 Å². The van der Waals surface area contributed by atoms with Crippen LogP contribution in [0.2, 0.25) is 0 Å². The molecule has 1 aliphatic heterocycles. The van der Waals surface area contributed by atoms with Gasteiger partial charge in [-0.05, 0) is 55.0 Å². The molecule has 4 rings (SSSR count). The van der Waals surface area contributed by atoms with E-state index in [2.05, 4.69) is 6.92 Å². The number of likely N-dealkylation sites (tertiary alicyclic amines) is 1. The standard InChI is InChI=1S/C28H27F3N2O3S/c1-18-11-13-32(14-12-18)25(35)17-33-26(16-23(34)22-6-4-3-5-19(22)2)37-24(27(33)36)15-20-7-9-21(10-8-20)28(29,30)31/h3-10,15-16,18H,11-14,17H2,1-2H3/b24-15+,26-16+. The number of aromatic nitrogens is 1. The van der Waals surface area contributed by atoms with E-state index in [0.717, 1.165) is 41.9 Å². The largest absolute Gasteiger partial charge is 0.416 e. The van der Waals surface area contributed by atoms with Crippen molar-refractivity contribution in [3.8, 4) is 0 Å². The van der Waals surface area contributed by atoms with Gasteiger partial charge in [-0.3, -0.25) is 19.0 Å². The topological polar surface area (TPSA) is 59.4 Å². The van der Waals surface area contributed by atoms with Crippen LogP contribution in [0.1, 0.15) is 46.8 Å². The third kappa shape index (κ3) is 6.28. The summed E-state index contributed by atoms with van der Waals surface area (Å²) in [6, 6.07) is 11.6. The minimum atomic E-state index is -4.46. The Bertz CT molecular complexity index is 1480. The quantitative estimate of drug-likeness (QED) is 0.471. The molecule has 2 heterocycles. The zero-order valence-electron chi connectivity index (χ0n) is 20.5. The first-order valence-corrected chi connectivity index (χ1v) is 12.8. The van der Waals surface area contributed by atoms with Crippen LogP contribution >= 0.6 is 11.3 Å². The van der Waals surface area contributed by atoms with Gasteiger partial charge < -0.3 is 4.90 Å². The number of carbonyl (C=O) groups is 2. The van der Waals surface area contributed by atoms with Crippen LogP contribution in [0.5, 0.6) is 0 Å². The van der Waals surface area contributed by atoms with Gasteiger partial charge in [-0.2, -0.15) is 13.2 Å². The first-order valence-electron chi connectivity index (χ1n) is 12.0. The number of amides is 1. The summed E-state index contributed by atoms with van der Waals surface area (Å²) in [6.07, 6.45) is 0.152. The molecule has 0 N–H and O–H groups in total. The van der Waals surface area contributed by atoms with Gasteiger partial charge in [-0.1, -0.05) is 43.3 Å². The average Bonchev–Trinajstić information content (AvgIpc) is 3.13. The Morgan fingerprint density at radius 3 is 2.32 bits per heavy atom. The number of benzene rings is 2. The molecular weight excluding hydrogens is 501 g/mol. The Hall–Kier alpha value is -3.46. The molecule has 0 radical (unpaired) electrons. The average molecular weight is 529 g/mol. The van der Waals surface area contributed by atoms with E-state index in [1.807, 2.05) is 19.1 Å². The van der Waals surface area contributed by atoms with Crippen molar-refractivity contribution in [2.24, 2.45) is 5.92 Å². The minimum absolute atomic E-state index is 0.203. The highest BCUT2D eigenvalue weighted by molar-refractivity contribution is 7.07. The van der Waals surface area contributed by atoms with Crippen LogP contribution in [0.4, 0.5) is 13.2 Å². The van der Waals surface area contributed by atoms with Gasteiger partial charge in [0.05, 0.1) is 10.1 Å². The zero-order valence-corrected chi connectivity index (χ0v) is 21.4. The van der Waals surface area contributed by atoms with E-state index in [9.17, 15) is 27.6 Å². The number of hydrogen-bond acceptors (Lipinski definition) is 4. The van der Waals surface area contributed by atoms with Crippen LogP contribution in [-0.2, 0) is 17.5 Å². The van der Waals surface area contributed by atoms with Gasteiger partial charge in [0.2, 0.25) is 5.91 Å². The number of piperidine rings is 1. The number of halogens is 3. The van der Waals surface area contributed by atoms with E-state index < -0.39 is 17.3 Å². The molecule has 2 aromatic carbocycles. The summed E-state index contributed by atoms with van der Waals surface area (Å²) < 4.78 is 40.6. The third-order valence-corrected chi connectivity index (χ3v) is 7.63. The molecule has 0 spiro atoms. The second-order valence-corrected chi connectivity index (χ2v) is 10.4. The first-order chi connectivity index (χ1) is 17.5. The Morgan fingerprint density at radius 1 is 1.05 bits per heavy atom. The SMILES string of the molecule is Cc1ccccc1C(=O)/C=c1/s/c(=C/c2ccc(C(F)(F)F)cc2)c(=O)n1CC(=O)N1CCC(C)CC1. The lowest BCUT2D eigenvalue weighted by Gasteiger charge is -2.30. The fourth-order valence-electron chi connectivity index (χ4n) is 4.25. The number of nitrogens with zero attached hydrogens (tertiary/aromatic N) is 2. The number of carbonyl (C=O) groups excluding carboxylic acids is 2. The van der Waals surface area contributed by atoms with Crippen molar-refractivity contribution in [3.05, 3.63) is 90.3 Å². The fourth-order valence-corrected chi connectivity index (χ4v) is 5.29. The summed E-state index contributed by atoms with van der Waals surface area (Å²) in [5.74, 6) is 0.0350. The maximum absolute atomic E-state index is 13.3. The number of Topliss-reactive ketones (excluding diaryl/α,β-unsaturated/α-hetero) is 1. The van der Waals surface area contributed by atoms with E-state index in [-0.39, 0.29) is 22.8 Å². The van der Waals surface area contributed by atoms with Crippen molar-refractivity contribution in [1.29, 1.82) is 0 Å². The number of alkyl halides is 3. The van der Waals surface area contributed by atoms with Gasteiger partial charge >= 0.3 is 6.18 Å². The van der Waals surface area contributed by atoms with Crippen molar-refractivity contribution >= 4 is 35.2 Å². The van der Waals surface area contributed by atoms with E-state index in [4.69, 9.17) is 0 Å². The molecule has 0 bridgehead atoms. The minimum Gasteiger partial charge on any atom is -0.341 e. The molecule has 1 amide bonds. The highest BCUT2D eigenvalue weighted by atomic mass is 32.1. The van der Waals surface area contributed by atoms with Crippen molar-refractivity contribution in [3.63, 3.8) is 0 Å². The molecule has 9 heteroatoms. The van der Waals surface area contributed by atoms with Gasteiger partial charge in [0.15, 0.2) is 5.78 Å². The molecule has 5 nitrogen and oxygen atoms in total. The normalized spacial score (nSPS) is 15.9. The molecule has 194 valence electrons. The van der Waals surface area contributed by atoms with Crippen molar-refractivity contribution in [2.75, 3.05) is 13.1 Å². The zero-order chi connectivity index (χ0) is 26.7. The van der Waals surface area contributed by atoms with Crippen LogP contribution in [0.3, 0.4) is 0 Å². The fraction of sp³-hybridized carbons (Fsp3) is 0.321. The molecule has 0 aliphatic carbocycles. The second-order valence-electron chi connectivity index (χ2n) is 9.35.